The van der Waals surface area contributed by atoms with E-state index in [1.54, 1.807) is 7.11 Å². The molecule has 1 atom stereocenters. The molecule has 1 aromatic carbocycles. The summed E-state index contributed by atoms with van der Waals surface area (Å²) in [5.74, 6) is -0.266. The summed E-state index contributed by atoms with van der Waals surface area (Å²) in [6, 6.07) is 9.98. The molecule has 0 heterocycles. The predicted octanol–water partition coefficient (Wildman–Crippen LogP) is 3.95. The van der Waals surface area contributed by atoms with E-state index in [0.717, 1.165) is 24.8 Å². The van der Waals surface area contributed by atoms with Gasteiger partial charge in [-0.15, -0.1) is 0 Å². The Morgan fingerprint density at radius 2 is 1.86 bits per heavy atom. The van der Waals surface area contributed by atoms with Gasteiger partial charge in [0.15, 0.2) is 5.78 Å². The monoisotopic (exact) mass is 285 g/mol. The molecule has 1 aliphatic rings. The third kappa shape index (κ3) is 3.33. The highest BCUT2D eigenvalue weighted by molar-refractivity contribution is 5.89. The van der Waals surface area contributed by atoms with Gasteiger partial charge in [0.1, 0.15) is 5.92 Å². The van der Waals surface area contributed by atoms with E-state index in [4.69, 9.17) is 4.74 Å². The molecular weight excluding hydrogens is 262 g/mol. The van der Waals surface area contributed by atoms with Crippen molar-refractivity contribution in [2.75, 3.05) is 7.11 Å². The summed E-state index contributed by atoms with van der Waals surface area (Å²) >= 11 is 0. The quantitative estimate of drug-likeness (QED) is 0.795. The first-order valence-electron chi connectivity index (χ1n) is 7.59. The smallest absolute Gasteiger partial charge is 0.157 e. The molecule has 0 bridgehead atoms. The third-order valence-electron chi connectivity index (χ3n) is 4.58. The van der Waals surface area contributed by atoms with Gasteiger partial charge in [-0.3, -0.25) is 4.79 Å². The van der Waals surface area contributed by atoms with Crippen LogP contribution in [0.25, 0.3) is 0 Å². The van der Waals surface area contributed by atoms with Gasteiger partial charge in [0, 0.05) is 13.5 Å². The number of nitriles is 1. The zero-order valence-electron chi connectivity index (χ0n) is 13.1. The van der Waals surface area contributed by atoms with E-state index < -0.39 is 5.92 Å². The van der Waals surface area contributed by atoms with Crippen molar-refractivity contribution in [2.45, 2.75) is 57.0 Å². The lowest BCUT2D eigenvalue weighted by Crippen LogP contribution is -2.42. The average molecular weight is 285 g/mol. The molecule has 0 aliphatic heterocycles. The Bertz CT molecular complexity index is 530. The standard InChI is InChI=1S/C18H23NO2/c1-13(2)14-5-7-15(8-6-14)16(12-19)17(20)11-18(21-3)9-4-10-18/h5-8,13,16H,4,9-11H2,1-3H3. The second-order valence-electron chi connectivity index (χ2n) is 6.27. The number of carbonyl (C=O) groups excluding carboxylic acids is 1. The average Bonchev–Trinajstić information content (AvgIpc) is 2.44. The topological polar surface area (TPSA) is 50.1 Å². The predicted molar refractivity (Wildman–Crippen MR) is 82.1 cm³/mol. The van der Waals surface area contributed by atoms with E-state index in [9.17, 15) is 10.1 Å². The highest BCUT2D eigenvalue weighted by Gasteiger charge is 2.40. The molecule has 0 radical (unpaired) electrons. The number of ketones is 1. The minimum absolute atomic E-state index is 0.0312. The summed E-state index contributed by atoms with van der Waals surface area (Å²) in [5.41, 5.74) is 1.69. The maximum absolute atomic E-state index is 12.5. The van der Waals surface area contributed by atoms with E-state index in [0.29, 0.717) is 12.3 Å². The molecular formula is C18H23NO2. The van der Waals surface area contributed by atoms with Crippen LogP contribution in [0.5, 0.6) is 0 Å². The van der Waals surface area contributed by atoms with Crippen molar-refractivity contribution in [3.8, 4) is 6.07 Å². The van der Waals surface area contributed by atoms with Crippen molar-refractivity contribution in [1.29, 1.82) is 5.26 Å². The van der Waals surface area contributed by atoms with Crippen molar-refractivity contribution in [3.05, 3.63) is 35.4 Å². The zero-order valence-corrected chi connectivity index (χ0v) is 13.1. The second kappa shape index (κ2) is 6.41. The highest BCUT2D eigenvalue weighted by Crippen LogP contribution is 2.39. The van der Waals surface area contributed by atoms with Crippen LogP contribution < -0.4 is 0 Å². The summed E-state index contributed by atoms with van der Waals surface area (Å²) < 4.78 is 5.50. The number of hydrogen-bond acceptors (Lipinski definition) is 3. The van der Waals surface area contributed by atoms with Gasteiger partial charge in [0.2, 0.25) is 0 Å². The molecule has 0 saturated heterocycles. The summed E-state index contributed by atoms with van der Waals surface area (Å²) in [5, 5.41) is 9.38. The van der Waals surface area contributed by atoms with E-state index in [1.807, 2.05) is 24.3 Å². The highest BCUT2D eigenvalue weighted by atomic mass is 16.5. The number of carbonyl (C=O) groups is 1. The Morgan fingerprint density at radius 3 is 2.24 bits per heavy atom. The lowest BCUT2D eigenvalue weighted by Gasteiger charge is -2.40. The lowest BCUT2D eigenvalue weighted by atomic mass is 9.74. The molecule has 0 spiro atoms. The van der Waals surface area contributed by atoms with Crippen LogP contribution in [0, 0.1) is 11.3 Å². The summed E-state index contributed by atoms with van der Waals surface area (Å²) in [7, 11) is 1.66. The maximum Gasteiger partial charge on any atom is 0.157 e. The van der Waals surface area contributed by atoms with Crippen molar-refractivity contribution in [3.63, 3.8) is 0 Å². The lowest BCUT2D eigenvalue weighted by molar-refractivity contribution is -0.132. The molecule has 1 aromatic rings. The van der Waals surface area contributed by atoms with Crippen LogP contribution in [-0.4, -0.2) is 18.5 Å². The fraction of sp³-hybridized carbons (Fsp3) is 0.556. The summed E-state index contributed by atoms with van der Waals surface area (Å²) in [6.45, 7) is 4.25. The largest absolute Gasteiger partial charge is 0.378 e. The summed E-state index contributed by atoms with van der Waals surface area (Å²) in [4.78, 5) is 12.5. The molecule has 112 valence electrons. The van der Waals surface area contributed by atoms with Crippen LogP contribution in [0.4, 0.5) is 0 Å². The normalized spacial score (nSPS) is 17.9. The number of rotatable bonds is 6. The fourth-order valence-electron chi connectivity index (χ4n) is 2.85. The van der Waals surface area contributed by atoms with Gasteiger partial charge in [-0.1, -0.05) is 38.1 Å². The zero-order chi connectivity index (χ0) is 15.5. The first-order chi connectivity index (χ1) is 10.0. The van der Waals surface area contributed by atoms with Gasteiger partial charge in [-0.2, -0.15) is 5.26 Å². The first kappa shape index (κ1) is 15.7. The Labute approximate surface area is 126 Å². The van der Waals surface area contributed by atoms with E-state index in [-0.39, 0.29) is 11.4 Å². The van der Waals surface area contributed by atoms with Gasteiger partial charge in [0.05, 0.1) is 11.7 Å². The van der Waals surface area contributed by atoms with Crippen molar-refractivity contribution >= 4 is 5.78 Å². The van der Waals surface area contributed by atoms with Gasteiger partial charge in [-0.05, 0) is 36.3 Å². The third-order valence-corrected chi connectivity index (χ3v) is 4.58. The molecule has 1 unspecified atom stereocenters. The minimum atomic E-state index is -0.682. The Balaban J connectivity index is 2.12. The number of hydrogen-bond donors (Lipinski definition) is 0. The van der Waals surface area contributed by atoms with Crippen LogP contribution in [0.2, 0.25) is 0 Å². The Hall–Kier alpha value is -1.66. The number of methoxy groups -OCH3 is 1. The van der Waals surface area contributed by atoms with Crippen molar-refractivity contribution in [1.82, 2.24) is 0 Å². The molecule has 1 fully saturated rings. The van der Waals surface area contributed by atoms with Crippen LogP contribution in [-0.2, 0) is 9.53 Å². The maximum atomic E-state index is 12.5. The fourth-order valence-corrected chi connectivity index (χ4v) is 2.85. The van der Waals surface area contributed by atoms with Crippen LogP contribution >= 0.6 is 0 Å². The van der Waals surface area contributed by atoms with Gasteiger partial charge < -0.3 is 4.74 Å². The van der Waals surface area contributed by atoms with Gasteiger partial charge in [-0.25, -0.2) is 0 Å². The molecule has 1 aliphatic carbocycles. The molecule has 3 heteroatoms. The Kier molecular flexibility index (Phi) is 4.80. The SMILES string of the molecule is COC1(CC(=O)C(C#N)c2ccc(C(C)C)cc2)CCC1. The number of Topliss-reactive ketones (excluding diaryl/α,β-unsaturated/α-hetero) is 1. The number of benzene rings is 1. The molecule has 0 amide bonds. The molecule has 2 rings (SSSR count). The first-order valence-corrected chi connectivity index (χ1v) is 7.59. The molecule has 3 nitrogen and oxygen atoms in total. The summed E-state index contributed by atoms with van der Waals surface area (Å²) in [6.07, 6.45) is 3.27. The number of nitrogens with zero attached hydrogens (tertiary/aromatic N) is 1. The van der Waals surface area contributed by atoms with Crippen LogP contribution in [0.1, 0.15) is 62.5 Å². The minimum Gasteiger partial charge on any atom is -0.378 e. The number of ether oxygens (including phenoxy) is 1. The van der Waals surface area contributed by atoms with Gasteiger partial charge in [0.25, 0.3) is 0 Å². The van der Waals surface area contributed by atoms with E-state index in [1.165, 1.54) is 5.56 Å². The molecule has 21 heavy (non-hydrogen) atoms. The van der Waals surface area contributed by atoms with Crippen molar-refractivity contribution < 1.29 is 9.53 Å². The van der Waals surface area contributed by atoms with E-state index in [2.05, 4.69) is 19.9 Å². The molecule has 1 saturated carbocycles. The van der Waals surface area contributed by atoms with E-state index >= 15 is 0 Å². The van der Waals surface area contributed by atoms with Crippen LogP contribution in [0.15, 0.2) is 24.3 Å². The molecule has 0 aromatic heterocycles. The van der Waals surface area contributed by atoms with Crippen molar-refractivity contribution in [2.24, 2.45) is 0 Å². The van der Waals surface area contributed by atoms with Crippen LogP contribution in [0.3, 0.4) is 0 Å². The second-order valence-corrected chi connectivity index (χ2v) is 6.27. The Morgan fingerprint density at radius 1 is 1.29 bits per heavy atom. The van der Waals surface area contributed by atoms with Gasteiger partial charge >= 0.3 is 0 Å². The molecule has 0 N–H and O–H groups in total.